The monoisotopic (exact) mass is 427 g/mol. The van der Waals surface area contributed by atoms with Crippen molar-refractivity contribution in [3.05, 3.63) is 74.6 Å². The van der Waals surface area contributed by atoms with Gasteiger partial charge in [-0.25, -0.2) is 4.98 Å². The molecule has 26 heavy (non-hydrogen) atoms. The summed E-state index contributed by atoms with van der Waals surface area (Å²) in [6, 6.07) is 13.4. The highest BCUT2D eigenvalue weighted by molar-refractivity contribution is 9.10. The zero-order chi connectivity index (χ0) is 18.5. The number of carbonyl (C=O) groups excluding carboxylic acids is 1. The number of hydrogen-bond donors (Lipinski definition) is 1. The van der Waals surface area contributed by atoms with Crippen molar-refractivity contribution in [2.45, 2.75) is 13.3 Å². The summed E-state index contributed by atoms with van der Waals surface area (Å²) in [5.74, 6) is 0.668. The second-order valence-electron chi connectivity index (χ2n) is 5.51. The number of nitrogens with one attached hydrogen (secondary N) is 1. The van der Waals surface area contributed by atoms with Crippen molar-refractivity contribution in [3.8, 4) is 6.07 Å². The molecular formula is C19H14BrN3O2S. The number of amides is 1. The lowest BCUT2D eigenvalue weighted by Crippen LogP contribution is -2.13. The zero-order valence-corrected chi connectivity index (χ0v) is 16.2. The SMILES string of the molecule is Cc1ccc(C=C(C#N)C(=O)Nc2ncc(Cc3ccc(Br)cc3)s2)o1. The van der Waals surface area contributed by atoms with Crippen molar-refractivity contribution in [2.75, 3.05) is 5.32 Å². The maximum Gasteiger partial charge on any atom is 0.268 e. The van der Waals surface area contributed by atoms with Crippen LogP contribution in [-0.2, 0) is 11.2 Å². The number of aryl methyl sites for hydroxylation is 1. The minimum Gasteiger partial charge on any atom is -0.462 e. The maximum absolute atomic E-state index is 12.3. The summed E-state index contributed by atoms with van der Waals surface area (Å²) in [6.07, 6.45) is 3.88. The molecule has 0 bridgehead atoms. The van der Waals surface area contributed by atoms with E-state index >= 15 is 0 Å². The van der Waals surface area contributed by atoms with E-state index in [1.807, 2.05) is 30.3 Å². The van der Waals surface area contributed by atoms with Crippen LogP contribution < -0.4 is 5.32 Å². The summed E-state index contributed by atoms with van der Waals surface area (Å²) < 4.78 is 6.40. The number of hydrogen-bond acceptors (Lipinski definition) is 5. The zero-order valence-electron chi connectivity index (χ0n) is 13.8. The molecule has 0 atom stereocenters. The van der Waals surface area contributed by atoms with Crippen molar-refractivity contribution < 1.29 is 9.21 Å². The number of nitriles is 1. The Morgan fingerprint density at radius 3 is 2.77 bits per heavy atom. The summed E-state index contributed by atoms with van der Waals surface area (Å²) in [5.41, 5.74) is 1.12. The Hall–Kier alpha value is -2.69. The van der Waals surface area contributed by atoms with E-state index in [0.29, 0.717) is 16.7 Å². The van der Waals surface area contributed by atoms with E-state index in [4.69, 9.17) is 4.42 Å². The molecule has 2 aromatic heterocycles. The van der Waals surface area contributed by atoms with Gasteiger partial charge in [-0.2, -0.15) is 5.26 Å². The molecule has 130 valence electrons. The van der Waals surface area contributed by atoms with Gasteiger partial charge in [-0.15, -0.1) is 11.3 Å². The predicted octanol–water partition coefficient (Wildman–Crippen LogP) is 4.94. The Morgan fingerprint density at radius 2 is 2.12 bits per heavy atom. The largest absolute Gasteiger partial charge is 0.462 e. The number of benzene rings is 1. The van der Waals surface area contributed by atoms with Gasteiger partial charge in [0, 0.05) is 28.0 Å². The molecule has 0 unspecified atom stereocenters. The molecule has 0 spiro atoms. The van der Waals surface area contributed by atoms with Gasteiger partial charge in [0.1, 0.15) is 23.2 Å². The molecule has 1 N–H and O–H groups in total. The molecule has 0 radical (unpaired) electrons. The average molecular weight is 428 g/mol. The van der Waals surface area contributed by atoms with E-state index in [9.17, 15) is 10.1 Å². The van der Waals surface area contributed by atoms with Crippen molar-refractivity contribution in [3.63, 3.8) is 0 Å². The van der Waals surface area contributed by atoms with E-state index < -0.39 is 5.91 Å². The Labute approximate surface area is 163 Å². The third-order valence-electron chi connectivity index (χ3n) is 3.48. The Morgan fingerprint density at radius 1 is 1.35 bits per heavy atom. The molecule has 1 aromatic carbocycles. The lowest BCUT2D eigenvalue weighted by molar-refractivity contribution is -0.112. The fourth-order valence-corrected chi connectivity index (χ4v) is 3.34. The molecule has 0 aliphatic heterocycles. The molecule has 1 amide bonds. The van der Waals surface area contributed by atoms with Crippen LogP contribution >= 0.6 is 27.3 Å². The molecule has 3 rings (SSSR count). The first-order chi connectivity index (χ1) is 12.5. The van der Waals surface area contributed by atoms with Gasteiger partial charge in [-0.3, -0.25) is 10.1 Å². The van der Waals surface area contributed by atoms with E-state index in [1.165, 1.54) is 17.4 Å². The fourth-order valence-electron chi connectivity index (χ4n) is 2.24. The maximum atomic E-state index is 12.3. The van der Waals surface area contributed by atoms with E-state index in [-0.39, 0.29) is 5.57 Å². The topological polar surface area (TPSA) is 78.9 Å². The van der Waals surface area contributed by atoms with Gasteiger partial charge in [-0.1, -0.05) is 28.1 Å². The highest BCUT2D eigenvalue weighted by Gasteiger charge is 2.13. The molecule has 0 saturated heterocycles. The summed E-state index contributed by atoms with van der Waals surface area (Å²) in [7, 11) is 0. The van der Waals surface area contributed by atoms with Crippen LogP contribution in [0.5, 0.6) is 0 Å². The van der Waals surface area contributed by atoms with Crippen molar-refractivity contribution in [1.82, 2.24) is 4.98 Å². The number of carbonyl (C=O) groups is 1. The third-order valence-corrected chi connectivity index (χ3v) is 4.92. The minimum absolute atomic E-state index is 0.0380. The van der Waals surface area contributed by atoms with Gasteiger partial charge < -0.3 is 4.42 Å². The van der Waals surface area contributed by atoms with Crippen LogP contribution in [0.15, 0.2) is 57.1 Å². The number of nitrogens with zero attached hydrogens (tertiary/aromatic N) is 2. The van der Waals surface area contributed by atoms with Gasteiger partial charge in [0.2, 0.25) is 0 Å². The number of aromatic nitrogens is 1. The van der Waals surface area contributed by atoms with Crippen LogP contribution in [0.25, 0.3) is 6.08 Å². The van der Waals surface area contributed by atoms with Crippen molar-refractivity contribution in [2.24, 2.45) is 0 Å². The van der Waals surface area contributed by atoms with Gasteiger partial charge in [0.25, 0.3) is 5.91 Å². The van der Waals surface area contributed by atoms with Crippen LogP contribution in [0.4, 0.5) is 5.13 Å². The van der Waals surface area contributed by atoms with Crippen LogP contribution in [0, 0.1) is 18.3 Å². The number of rotatable bonds is 5. The minimum atomic E-state index is -0.508. The number of furan rings is 1. The van der Waals surface area contributed by atoms with Crippen molar-refractivity contribution >= 4 is 44.4 Å². The molecule has 0 aliphatic rings. The highest BCUT2D eigenvalue weighted by atomic mass is 79.9. The Bertz CT molecular complexity index is 996. The van der Waals surface area contributed by atoms with Crippen LogP contribution in [0.3, 0.4) is 0 Å². The molecule has 0 saturated carbocycles. The Balaban J connectivity index is 1.67. The summed E-state index contributed by atoms with van der Waals surface area (Å²) in [6.45, 7) is 1.80. The van der Waals surface area contributed by atoms with E-state index in [1.54, 1.807) is 25.3 Å². The van der Waals surface area contributed by atoms with Gasteiger partial charge >= 0.3 is 0 Å². The fraction of sp³-hybridized carbons (Fsp3) is 0.105. The van der Waals surface area contributed by atoms with Gasteiger partial charge in [0.15, 0.2) is 5.13 Å². The molecule has 5 nitrogen and oxygen atoms in total. The van der Waals surface area contributed by atoms with Crippen LogP contribution in [0.2, 0.25) is 0 Å². The first-order valence-corrected chi connectivity index (χ1v) is 9.33. The van der Waals surface area contributed by atoms with E-state index in [2.05, 4.69) is 26.2 Å². The Kier molecular flexibility index (Phi) is 5.66. The van der Waals surface area contributed by atoms with Crippen LogP contribution in [-0.4, -0.2) is 10.9 Å². The smallest absolute Gasteiger partial charge is 0.268 e. The molecular weight excluding hydrogens is 414 g/mol. The lowest BCUT2D eigenvalue weighted by atomic mass is 10.1. The average Bonchev–Trinajstić information content (AvgIpc) is 3.23. The summed E-state index contributed by atoms with van der Waals surface area (Å²) in [5, 5.41) is 12.3. The van der Waals surface area contributed by atoms with Crippen LogP contribution in [0.1, 0.15) is 22.0 Å². The highest BCUT2D eigenvalue weighted by Crippen LogP contribution is 2.23. The normalized spacial score (nSPS) is 11.2. The standard InChI is InChI=1S/C19H14BrN3O2S/c1-12-2-7-16(25-12)9-14(10-21)18(24)23-19-22-11-17(26-19)8-13-3-5-15(20)6-4-13/h2-7,9,11H,8H2,1H3,(H,22,23,24). The molecule has 0 fully saturated rings. The third kappa shape index (κ3) is 4.69. The first kappa shape index (κ1) is 18.1. The molecule has 7 heteroatoms. The van der Waals surface area contributed by atoms with Gasteiger partial charge in [-0.05, 0) is 36.8 Å². The summed E-state index contributed by atoms with van der Waals surface area (Å²) in [4.78, 5) is 17.5. The predicted molar refractivity (Wildman–Crippen MR) is 105 cm³/mol. The van der Waals surface area contributed by atoms with Gasteiger partial charge in [0.05, 0.1) is 0 Å². The molecule has 3 aromatic rings. The van der Waals surface area contributed by atoms with Crippen molar-refractivity contribution in [1.29, 1.82) is 5.26 Å². The number of halogens is 1. The number of thiazole rings is 1. The summed E-state index contributed by atoms with van der Waals surface area (Å²) >= 11 is 4.80. The number of anilines is 1. The quantitative estimate of drug-likeness (QED) is 0.461. The second kappa shape index (κ2) is 8.13. The lowest BCUT2D eigenvalue weighted by Gasteiger charge is -2.00. The first-order valence-electron chi connectivity index (χ1n) is 7.72. The molecule has 0 aliphatic carbocycles. The second-order valence-corrected chi connectivity index (χ2v) is 7.54. The molecule has 2 heterocycles. The van der Waals surface area contributed by atoms with E-state index in [0.717, 1.165) is 21.3 Å².